The quantitative estimate of drug-likeness (QED) is 0.276. The van der Waals surface area contributed by atoms with Gasteiger partial charge in [-0.25, -0.2) is 13.4 Å². The molecule has 4 aromatic rings. The van der Waals surface area contributed by atoms with Crippen molar-refractivity contribution in [3.05, 3.63) is 66.2 Å². The van der Waals surface area contributed by atoms with Crippen molar-refractivity contribution in [2.45, 2.75) is 38.1 Å². The number of benzene rings is 3. The third-order valence-electron chi connectivity index (χ3n) is 6.66. The van der Waals surface area contributed by atoms with E-state index < -0.39 is 10.0 Å². The van der Waals surface area contributed by atoms with Gasteiger partial charge in [0, 0.05) is 22.9 Å². The van der Waals surface area contributed by atoms with Crippen LogP contribution in [0.2, 0.25) is 0 Å². The number of sulfonamides is 1. The van der Waals surface area contributed by atoms with E-state index >= 15 is 0 Å². The first-order chi connectivity index (χ1) is 17.8. The van der Waals surface area contributed by atoms with Crippen LogP contribution in [0, 0.1) is 0 Å². The van der Waals surface area contributed by atoms with Gasteiger partial charge >= 0.3 is 0 Å². The second-order valence-corrected chi connectivity index (χ2v) is 11.2. The number of para-hydroxylation sites is 2. The number of pyridine rings is 1. The van der Waals surface area contributed by atoms with Crippen molar-refractivity contribution in [2.75, 3.05) is 23.4 Å². The molecule has 5 rings (SSSR count). The molecule has 1 fully saturated rings. The molecule has 0 bridgehead atoms. The molecule has 0 spiro atoms. The number of hydrogen-bond acceptors (Lipinski definition) is 6. The van der Waals surface area contributed by atoms with Gasteiger partial charge in [0.2, 0.25) is 10.0 Å². The predicted octanol–water partition coefficient (Wildman–Crippen LogP) is 5.57. The van der Waals surface area contributed by atoms with E-state index in [1.807, 2.05) is 42.5 Å². The Labute approximate surface area is 216 Å². The van der Waals surface area contributed by atoms with E-state index in [1.165, 1.54) is 13.5 Å². The molecule has 1 amide bonds. The minimum Gasteiger partial charge on any atom is -0.494 e. The number of hydrogen-bond donors (Lipinski definition) is 3. The van der Waals surface area contributed by atoms with Crippen molar-refractivity contribution >= 4 is 54.8 Å². The average molecular weight is 519 g/mol. The van der Waals surface area contributed by atoms with Gasteiger partial charge in [-0.3, -0.25) is 9.52 Å². The maximum absolute atomic E-state index is 13.3. The van der Waals surface area contributed by atoms with Crippen molar-refractivity contribution in [3.63, 3.8) is 0 Å². The molecule has 0 aliphatic heterocycles. The summed E-state index contributed by atoms with van der Waals surface area (Å²) in [5.41, 5.74) is 3.75. The maximum atomic E-state index is 13.3. The molecule has 1 saturated carbocycles. The van der Waals surface area contributed by atoms with Gasteiger partial charge in [0.25, 0.3) is 5.91 Å². The molecule has 1 aliphatic rings. The van der Waals surface area contributed by atoms with Crippen molar-refractivity contribution in [1.82, 2.24) is 10.3 Å². The number of carbonyl (C=O) groups excluding carboxylic acids is 1. The first-order valence-corrected chi connectivity index (χ1v) is 14.3. The molecule has 1 aromatic heterocycles. The molecule has 8 nitrogen and oxygen atoms in total. The lowest BCUT2D eigenvalue weighted by atomic mass is 9.95. The van der Waals surface area contributed by atoms with E-state index in [0.717, 1.165) is 53.9 Å². The number of aromatic nitrogens is 1. The number of anilines is 3. The Hall–Kier alpha value is -3.85. The third-order valence-corrected chi connectivity index (χ3v) is 7.27. The highest BCUT2D eigenvalue weighted by Crippen LogP contribution is 2.38. The van der Waals surface area contributed by atoms with Gasteiger partial charge in [0.1, 0.15) is 5.75 Å². The number of nitrogens with zero attached hydrogens (tertiary/aromatic N) is 1. The smallest absolute Gasteiger partial charge is 0.253 e. The second-order valence-electron chi connectivity index (χ2n) is 9.43. The van der Waals surface area contributed by atoms with Crippen LogP contribution in [0.4, 0.5) is 17.1 Å². The number of carbonyl (C=O) groups is 1. The highest BCUT2D eigenvalue weighted by Gasteiger charge is 2.21. The number of fused-ring (bicyclic) bond motifs is 2. The summed E-state index contributed by atoms with van der Waals surface area (Å²) < 4.78 is 31.4. The van der Waals surface area contributed by atoms with Crippen molar-refractivity contribution in [2.24, 2.45) is 0 Å². The predicted molar refractivity (Wildman–Crippen MR) is 148 cm³/mol. The molecular weight excluding hydrogens is 488 g/mol. The largest absolute Gasteiger partial charge is 0.494 e. The van der Waals surface area contributed by atoms with E-state index in [4.69, 9.17) is 9.72 Å². The Morgan fingerprint density at radius 1 is 0.973 bits per heavy atom. The van der Waals surface area contributed by atoms with Gasteiger partial charge in [0.15, 0.2) is 0 Å². The van der Waals surface area contributed by atoms with Crippen molar-refractivity contribution in [1.29, 1.82) is 0 Å². The van der Waals surface area contributed by atoms with Crippen LogP contribution < -0.4 is 20.1 Å². The molecule has 3 aromatic carbocycles. The lowest BCUT2D eigenvalue weighted by Gasteiger charge is -2.23. The van der Waals surface area contributed by atoms with E-state index in [-0.39, 0.29) is 11.9 Å². The highest BCUT2D eigenvalue weighted by molar-refractivity contribution is 7.92. The zero-order valence-corrected chi connectivity index (χ0v) is 21.7. The summed E-state index contributed by atoms with van der Waals surface area (Å²) >= 11 is 0. The van der Waals surface area contributed by atoms with E-state index in [1.54, 1.807) is 18.2 Å². The highest BCUT2D eigenvalue weighted by atomic mass is 32.2. The topological polar surface area (TPSA) is 109 Å². The van der Waals surface area contributed by atoms with Gasteiger partial charge in [-0.1, -0.05) is 49.6 Å². The van der Waals surface area contributed by atoms with Crippen LogP contribution in [0.5, 0.6) is 5.75 Å². The van der Waals surface area contributed by atoms with Crippen molar-refractivity contribution in [3.8, 4) is 5.75 Å². The molecule has 9 heteroatoms. The molecule has 1 heterocycles. The zero-order chi connectivity index (χ0) is 26.0. The van der Waals surface area contributed by atoms with Crippen LogP contribution >= 0.6 is 0 Å². The van der Waals surface area contributed by atoms with Crippen molar-refractivity contribution < 1.29 is 17.9 Å². The van der Waals surface area contributed by atoms with Gasteiger partial charge in [-0.05, 0) is 37.1 Å². The Morgan fingerprint density at radius 2 is 1.73 bits per heavy atom. The molecule has 0 atom stereocenters. The summed E-state index contributed by atoms with van der Waals surface area (Å²) in [4.78, 5) is 18.2. The second kappa shape index (κ2) is 10.3. The summed E-state index contributed by atoms with van der Waals surface area (Å²) in [5, 5.41) is 8.38. The average Bonchev–Trinajstić information content (AvgIpc) is 2.88. The van der Waals surface area contributed by atoms with E-state index in [2.05, 4.69) is 15.4 Å². The molecule has 37 heavy (non-hydrogen) atoms. The number of amides is 1. The normalized spacial score (nSPS) is 14.4. The molecule has 3 N–H and O–H groups in total. The van der Waals surface area contributed by atoms with E-state index in [9.17, 15) is 13.2 Å². The monoisotopic (exact) mass is 518 g/mol. The Morgan fingerprint density at radius 3 is 2.49 bits per heavy atom. The number of methoxy groups -OCH3 is 1. The fraction of sp³-hybridized carbons (Fsp3) is 0.286. The molecule has 1 aliphatic carbocycles. The van der Waals surface area contributed by atoms with Crippen LogP contribution in [-0.4, -0.2) is 38.7 Å². The minimum atomic E-state index is -3.43. The molecule has 0 unspecified atom stereocenters. The van der Waals surface area contributed by atoms with Gasteiger partial charge in [-0.15, -0.1) is 0 Å². The fourth-order valence-corrected chi connectivity index (χ4v) is 5.50. The third kappa shape index (κ3) is 5.46. The summed E-state index contributed by atoms with van der Waals surface area (Å²) in [7, 11) is -1.90. The Balaban J connectivity index is 1.59. The first-order valence-electron chi connectivity index (χ1n) is 12.4. The fourth-order valence-electron chi connectivity index (χ4n) is 4.95. The molecule has 0 saturated heterocycles. The van der Waals surface area contributed by atoms with Crippen LogP contribution in [0.25, 0.3) is 21.8 Å². The standard InChI is InChI=1S/C28H30N4O4S/c1-36-25-17-19(32-37(2,34)35)15-16-24(25)31-26-20-11-6-7-14-23(20)30-27-21(26)12-8-13-22(27)28(33)29-18-9-4-3-5-10-18/h6-8,11-18,32H,3-5,9-10H2,1-2H3,(H,29,33)(H,30,31). The lowest BCUT2D eigenvalue weighted by Crippen LogP contribution is -2.36. The molecule has 0 radical (unpaired) electrons. The minimum absolute atomic E-state index is 0.111. The Bertz CT molecular complexity index is 1580. The first kappa shape index (κ1) is 24.8. The zero-order valence-electron chi connectivity index (χ0n) is 20.9. The summed E-state index contributed by atoms with van der Waals surface area (Å²) in [5.74, 6) is 0.355. The summed E-state index contributed by atoms with van der Waals surface area (Å²) in [6.45, 7) is 0. The number of ether oxygens (including phenoxy) is 1. The Kier molecular flexibility index (Phi) is 6.88. The maximum Gasteiger partial charge on any atom is 0.253 e. The SMILES string of the molecule is COc1cc(NS(C)(=O)=O)ccc1Nc1c2ccccc2nc2c(C(=O)NC3CCCCC3)cccc12. The van der Waals surface area contributed by atoms with Gasteiger partial charge in [-0.2, -0.15) is 0 Å². The van der Waals surface area contributed by atoms with E-state index in [0.29, 0.717) is 28.2 Å². The van der Waals surface area contributed by atoms with Crippen LogP contribution in [-0.2, 0) is 10.0 Å². The van der Waals surface area contributed by atoms with Crippen LogP contribution in [0.15, 0.2) is 60.7 Å². The summed E-state index contributed by atoms with van der Waals surface area (Å²) in [6.07, 6.45) is 6.60. The van der Waals surface area contributed by atoms with Gasteiger partial charge < -0.3 is 15.4 Å². The number of nitrogens with one attached hydrogen (secondary N) is 3. The van der Waals surface area contributed by atoms with Crippen LogP contribution in [0.3, 0.4) is 0 Å². The number of rotatable bonds is 7. The summed E-state index contributed by atoms with van der Waals surface area (Å²) in [6, 6.07) is 18.6. The molecular formula is C28H30N4O4S. The lowest BCUT2D eigenvalue weighted by molar-refractivity contribution is 0.0929. The molecule has 192 valence electrons. The van der Waals surface area contributed by atoms with Gasteiger partial charge in [0.05, 0.1) is 47.0 Å². The van der Waals surface area contributed by atoms with Crippen LogP contribution in [0.1, 0.15) is 42.5 Å².